The van der Waals surface area contributed by atoms with E-state index >= 15 is 0 Å². The zero-order valence-corrected chi connectivity index (χ0v) is 7.86. The first-order chi connectivity index (χ1) is 4.84. The fourth-order valence-electron chi connectivity index (χ4n) is 1.40. The van der Waals surface area contributed by atoms with Crippen molar-refractivity contribution in [2.24, 2.45) is 5.73 Å². The Bertz CT molecular complexity index is 93.7. The van der Waals surface area contributed by atoms with Crippen molar-refractivity contribution in [3.63, 3.8) is 0 Å². The summed E-state index contributed by atoms with van der Waals surface area (Å²) < 4.78 is 0. The summed E-state index contributed by atoms with van der Waals surface area (Å²) in [5.74, 6) is 0. The van der Waals surface area contributed by atoms with Crippen LogP contribution in [0.2, 0.25) is 0 Å². The lowest BCUT2D eigenvalue weighted by atomic mass is 10.2. The van der Waals surface area contributed by atoms with Crippen LogP contribution < -0.4 is 11.1 Å². The van der Waals surface area contributed by atoms with Crippen LogP contribution in [-0.4, -0.2) is 44.2 Å². The van der Waals surface area contributed by atoms with E-state index in [1.807, 2.05) is 0 Å². The molecule has 1 unspecified atom stereocenters. The molecule has 0 aliphatic carbocycles. The first-order valence-electron chi connectivity index (χ1n) is 3.95. The first-order valence-corrected chi connectivity index (χ1v) is 3.95. The van der Waals surface area contributed by atoms with Crippen molar-refractivity contribution in [1.82, 2.24) is 10.2 Å². The van der Waals surface area contributed by atoms with Gasteiger partial charge in [0.05, 0.1) is 0 Å². The second-order valence-corrected chi connectivity index (χ2v) is 2.92. The number of nitrogens with two attached hydrogens (primary N) is 1. The van der Waals surface area contributed by atoms with E-state index in [-0.39, 0.29) is 12.4 Å². The molecule has 11 heavy (non-hydrogen) atoms. The maximum atomic E-state index is 5.43. The predicted octanol–water partition coefficient (Wildman–Crippen LogP) is -0.339. The SMILES string of the molecule is CN(CCN)C1CCNC1.Cl. The fourth-order valence-corrected chi connectivity index (χ4v) is 1.40. The third-order valence-corrected chi connectivity index (χ3v) is 2.14. The average Bonchev–Trinajstić information content (AvgIpc) is 2.38. The number of nitrogens with zero attached hydrogens (tertiary/aromatic N) is 1. The van der Waals surface area contributed by atoms with Gasteiger partial charge in [0.1, 0.15) is 0 Å². The zero-order chi connectivity index (χ0) is 7.40. The van der Waals surface area contributed by atoms with Crippen LogP contribution in [0.1, 0.15) is 6.42 Å². The minimum atomic E-state index is 0. The molecule has 0 bridgehead atoms. The van der Waals surface area contributed by atoms with E-state index in [1.165, 1.54) is 13.0 Å². The van der Waals surface area contributed by atoms with Gasteiger partial charge >= 0.3 is 0 Å². The van der Waals surface area contributed by atoms with Crippen molar-refractivity contribution < 1.29 is 0 Å². The van der Waals surface area contributed by atoms with Crippen molar-refractivity contribution in [1.29, 1.82) is 0 Å². The Morgan fingerprint density at radius 3 is 2.82 bits per heavy atom. The summed E-state index contributed by atoms with van der Waals surface area (Å²) in [6.07, 6.45) is 1.27. The Morgan fingerprint density at radius 1 is 1.64 bits per heavy atom. The first kappa shape index (κ1) is 11.2. The molecule has 0 aromatic heterocycles. The molecule has 0 radical (unpaired) electrons. The summed E-state index contributed by atoms with van der Waals surface area (Å²) in [4.78, 5) is 2.33. The number of nitrogens with one attached hydrogen (secondary N) is 1. The van der Waals surface area contributed by atoms with E-state index in [2.05, 4.69) is 17.3 Å². The van der Waals surface area contributed by atoms with E-state index in [0.29, 0.717) is 0 Å². The van der Waals surface area contributed by atoms with Gasteiger partial charge < -0.3 is 16.0 Å². The maximum absolute atomic E-state index is 5.43. The van der Waals surface area contributed by atoms with E-state index in [9.17, 15) is 0 Å². The smallest absolute Gasteiger partial charge is 0.0230 e. The minimum absolute atomic E-state index is 0. The summed E-state index contributed by atoms with van der Waals surface area (Å²) >= 11 is 0. The fraction of sp³-hybridized carbons (Fsp3) is 1.00. The highest BCUT2D eigenvalue weighted by Crippen LogP contribution is 2.04. The largest absolute Gasteiger partial charge is 0.329 e. The van der Waals surface area contributed by atoms with Crippen LogP contribution in [0.4, 0.5) is 0 Å². The molecule has 0 aromatic carbocycles. The summed E-state index contributed by atoms with van der Waals surface area (Å²) in [6.45, 7) is 4.09. The van der Waals surface area contributed by atoms with Gasteiger partial charge in [0.2, 0.25) is 0 Å². The molecule has 1 heterocycles. The average molecular weight is 180 g/mol. The molecule has 4 heteroatoms. The summed E-state index contributed by atoms with van der Waals surface area (Å²) in [5.41, 5.74) is 5.43. The number of halogens is 1. The minimum Gasteiger partial charge on any atom is -0.329 e. The number of hydrogen-bond acceptors (Lipinski definition) is 3. The highest BCUT2D eigenvalue weighted by molar-refractivity contribution is 5.85. The third kappa shape index (κ3) is 3.38. The molecule has 1 fully saturated rings. The predicted molar refractivity (Wildman–Crippen MR) is 50.2 cm³/mol. The molecule has 1 aliphatic heterocycles. The molecule has 1 aliphatic rings. The standard InChI is InChI=1S/C7H17N3.ClH/c1-10(5-3-8)7-2-4-9-6-7;/h7,9H,2-6,8H2,1H3;1H. The Morgan fingerprint density at radius 2 is 2.36 bits per heavy atom. The Hall–Kier alpha value is 0.170. The van der Waals surface area contributed by atoms with Gasteiger partial charge in [-0.2, -0.15) is 0 Å². The van der Waals surface area contributed by atoms with Crippen LogP contribution in [0.25, 0.3) is 0 Å². The van der Waals surface area contributed by atoms with Crippen LogP contribution in [0, 0.1) is 0 Å². The molecule has 1 saturated heterocycles. The maximum Gasteiger partial charge on any atom is 0.0230 e. The number of hydrogen-bond donors (Lipinski definition) is 2. The molecule has 0 saturated carbocycles. The molecule has 3 nitrogen and oxygen atoms in total. The topological polar surface area (TPSA) is 41.3 Å². The zero-order valence-electron chi connectivity index (χ0n) is 7.05. The van der Waals surface area contributed by atoms with Gasteiger partial charge in [-0.25, -0.2) is 0 Å². The van der Waals surface area contributed by atoms with Crippen molar-refractivity contribution >= 4 is 12.4 Å². The Labute approximate surface area is 74.7 Å². The van der Waals surface area contributed by atoms with E-state index in [4.69, 9.17) is 5.73 Å². The lowest BCUT2D eigenvalue weighted by molar-refractivity contribution is 0.264. The van der Waals surface area contributed by atoms with Gasteiger partial charge in [0, 0.05) is 25.7 Å². The highest BCUT2D eigenvalue weighted by Gasteiger charge is 2.17. The quantitative estimate of drug-likeness (QED) is 0.623. The second-order valence-electron chi connectivity index (χ2n) is 2.92. The molecule has 68 valence electrons. The third-order valence-electron chi connectivity index (χ3n) is 2.14. The second kappa shape index (κ2) is 5.77. The van der Waals surface area contributed by atoms with E-state index in [1.54, 1.807) is 0 Å². The number of rotatable bonds is 3. The van der Waals surface area contributed by atoms with Gasteiger partial charge in [-0.1, -0.05) is 0 Å². The molecular weight excluding hydrogens is 162 g/mol. The summed E-state index contributed by atoms with van der Waals surface area (Å²) in [6, 6.07) is 0.726. The van der Waals surface area contributed by atoms with Gasteiger partial charge in [-0.05, 0) is 20.0 Å². The van der Waals surface area contributed by atoms with Gasteiger partial charge in [0.15, 0.2) is 0 Å². The van der Waals surface area contributed by atoms with Crippen LogP contribution in [-0.2, 0) is 0 Å². The summed E-state index contributed by atoms with van der Waals surface area (Å²) in [5, 5.41) is 3.33. The van der Waals surface area contributed by atoms with Crippen molar-refractivity contribution in [2.75, 3.05) is 33.2 Å². The molecular formula is C7H18ClN3. The van der Waals surface area contributed by atoms with Gasteiger partial charge in [-0.3, -0.25) is 0 Å². The van der Waals surface area contributed by atoms with Gasteiger partial charge in [-0.15, -0.1) is 12.4 Å². The monoisotopic (exact) mass is 179 g/mol. The molecule has 3 N–H and O–H groups in total. The summed E-state index contributed by atoms with van der Waals surface area (Å²) in [7, 11) is 2.14. The van der Waals surface area contributed by atoms with Crippen molar-refractivity contribution in [3.8, 4) is 0 Å². The van der Waals surface area contributed by atoms with E-state index in [0.717, 1.165) is 25.7 Å². The van der Waals surface area contributed by atoms with Gasteiger partial charge in [0.25, 0.3) is 0 Å². The van der Waals surface area contributed by atoms with Crippen molar-refractivity contribution in [2.45, 2.75) is 12.5 Å². The van der Waals surface area contributed by atoms with Crippen LogP contribution in [0.5, 0.6) is 0 Å². The molecule has 0 spiro atoms. The van der Waals surface area contributed by atoms with Crippen LogP contribution in [0.3, 0.4) is 0 Å². The molecule has 0 aromatic rings. The number of likely N-dealkylation sites (N-methyl/N-ethyl adjacent to an activating group) is 1. The molecule has 1 atom stereocenters. The van der Waals surface area contributed by atoms with E-state index < -0.39 is 0 Å². The highest BCUT2D eigenvalue weighted by atomic mass is 35.5. The van der Waals surface area contributed by atoms with Crippen LogP contribution >= 0.6 is 12.4 Å². The Balaban J connectivity index is 0.000001000. The van der Waals surface area contributed by atoms with Crippen molar-refractivity contribution in [3.05, 3.63) is 0 Å². The van der Waals surface area contributed by atoms with Crippen LogP contribution in [0.15, 0.2) is 0 Å². The normalized spacial score (nSPS) is 23.7. The Kier molecular flexibility index (Phi) is 5.86. The lowest BCUT2D eigenvalue weighted by Crippen LogP contribution is -2.36. The molecule has 0 amide bonds. The molecule has 1 rings (SSSR count). The lowest BCUT2D eigenvalue weighted by Gasteiger charge is -2.22.